The van der Waals surface area contributed by atoms with E-state index in [-0.39, 0.29) is 24.5 Å². The summed E-state index contributed by atoms with van der Waals surface area (Å²) in [5.74, 6) is -2.90. The van der Waals surface area contributed by atoms with Crippen LogP contribution in [0.4, 0.5) is 13.2 Å². The summed E-state index contributed by atoms with van der Waals surface area (Å²) in [5.41, 5.74) is 1.64. The minimum atomic E-state index is -1.13. The van der Waals surface area contributed by atoms with E-state index < -0.39 is 23.4 Å². The molecule has 4 rings (SSSR count). The molecule has 0 aliphatic carbocycles. The zero-order valence-corrected chi connectivity index (χ0v) is 16.2. The highest BCUT2D eigenvalue weighted by Crippen LogP contribution is 2.22. The highest BCUT2D eigenvalue weighted by atomic mass is 35.5. The largest absolute Gasteiger partial charge is 0.439 e. The number of oxazole rings is 1. The molecule has 0 atom stereocenters. The molecule has 0 bridgehead atoms. The Hall–Kier alpha value is -3.32. The SMILES string of the molecule is O=C(c1ccc(F)c(F)c1)N(Cc1ccc(F)cc1)Cc1nc2cc(Cl)ccc2o1. The van der Waals surface area contributed by atoms with E-state index in [4.69, 9.17) is 16.0 Å². The molecule has 0 unspecified atom stereocenters. The summed E-state index contributed by atoms with van der Waals surface area (Å²) in [6.45, 7) is 0.0408. The molecule has 0 spiro atoms. The Morgan fingerprint density at radius 2 is 1.70 bits per heavy atom. The van der Waals surface area contributed by atoms with Gasteiger partial charge in [0, 0.05) is 17.1 Å². The van der Waals surface area contributed by atoms with Crippen LogP contribution >= 0.6 is 11.6 Å². The van der Waals surface area contributed by atoms with Crippen LogP contribution in [0, 0.1) is 17.5 Å². The van der Waals surface area contributed by atoms with E-state index in [1.54, 1.807) is 18.2 Å². The molecule has 0 N–H and O–H groups in total. The van der Waals surface area contributed by atoms with Gasteiger partial charge in [0.15, 0.2) is 17.2 Å². The molecule has 1 heterocycles. The number of nitrogens with zero attached hydrogens (tertiary/aromatic N) is 2. The van der Waals surface area contributed by atoms with Crippen molar-refractivity contribution in [2.75, 3.05) is 0 Å². The molecular weight excluding hydrogens is 417 g/mol. The van der Waals surface area contributed by atoms with Crippen LogP contribution in [0.15, 0.2) is 65.1 Å². The lowest BCUT2D eigenvalue weighted by Crippen LogP contribution is -2.30. The van der Waals surface area contributed by atoms with Gasteiger partial charge in [-0.1, -0.05) is 23.7 Å². The average molecular weight is 431 g/mol. The maximum Gasteiger partial charge on any atom is 0.254 e. The summed E-state index contributed by atoms with van der Waals surface area (Å²) in [5, 5.41) is 0.489. The Balaban J connectivity index is 1.66. The summed E-state index contributed by atoms with van der Waals surface area (Å²) >= 11 is 5.97. The first-order valence-corrected chi connectivity index (χ1v) is 9.30. The van der Waals surface area contributed by atoms with Crippen molar-refractivity contribution in [1.82, 2.24) is 9.88 Å². The third-order valence-corrected chi connectivity index (χ3v) is 4.70. The highest BCUT2D eigenvalue weighted by molar-refractivity contribution is 6.31. The molecule has 4 nitrogen and oxygen atoms in total. The van der Waals surface area contributed by atoms with E-state index in [0.29, 0.717) is 21.7 Å². The summed E-state index contributed by atoms with van der Waals surface area (Å²) < 4.78 is 45.8. The van der Waals surface area contributed by atoms with E-state index in [9.17, 15) is 18.0 Å². The third-order valence-electron chi connectivity index (χ3n) is 4.46. The molecule has 30 heavy (non-hydrogen) atoms. The van der Waals surface area contributed by atoms with Crippen molar-refractivity contribution in [3.8, 4) is 0 Å². The van der Waals surface area contributed by atoms with Crippen LogP contribution in [0.3, 0.4) is 0 Å². The number of benzene rings is 3. The predicted molar refractivity (Wildman–Crippen MR) is 105 cm³/mol. The van der Waals surface area contributed by atoms with Gasteiger partial charge in [-0.05, 0) is 54.1 Å². The summed E-state index contributed by atoms with van der Waals surface area (Å²) in [4.78, 5) is 18.7. The van der Waals surface area contributed by atoms with Crippen LogP contribution < -0.4 is 0 Å². The fraction of sp³-hybridized carbons (Fsp3) is 0.0909. The molecular formula is C22H14ClF3N2O2. The Morgan fingerprint density at radius 3 is 2.43 bits per heavy atom. The van der Waals surface area contributed by atoms with Gasteiger partial charge >= 0.3 is 0 Å². The lowest BCUT2D eigenvalue weighted by molar-refractivity contribution is 0.0714. The second-order valence-electron chi connectivity index (χ2n) is 6.64. The van der Waals surface area contributed by atoms with Crippen molar-refractivity contribution in [2.24, 2.45) is 0 Å². The quantitative estimate of drug-likeness (QED) is 0.405. The van der Waals surface area contributed by atoms with Crippen LogP contribution in [0.2, 0.25) is 5.02 Å². The maximum atomic E-state index is 13.6. The fourth-order valence-electron chi connectivity index (χ4n) is 3.00. The van der Waals surface area contributed by atoms with Gasteiger partial charge in [-0.2, -0.15) is 0 Å². The molecule has 0 aliphatic heterocycles. The molecule has 152 valence electrons. The number of fused-ring (bicyclic) bond motifs is 1. The number of halogens is 4. The van der Waals surface area contributed by atoms with Gasteiger partial charge in [0.2, 0.25) is 5.89 Å². The number of hydrogen-bond acceptors (Lipinski definition) is 3. The average Bonchev–Trinajstić information content (AvgIpc) is 3.12. The fourth-order valence-corrected chi connectivity index (χ4v) is 3.17. The number of amides is 1. The number of carbonyl (C=O) groups excluding carboxylic acids is 1. The molecule has 0 saturated carbocycles. The predicted octanol–water partition coefficient (Wildman–Crippen LogP) is 5.74. The molecule has 0 saturated heterocycles. The topological polar surface area (TPSA) is 46.3 Å². The minimum Gasteiger partial charge on any atom is -0.439 e. The van der Waals surface area contributed by atoms with Gasteiger partial charge in [-0.3, -0.25) is 4.79 Å². The monoisotopic (exact) mass is 430 g/mol. The lowest BCUT2D eigenvalue weighted by Gasteiger charge is -2.21. The van der Waals surface area contributed by atoms with E-state index >= 15 is 0 Å². The first kappa shape index (κ1) is 20.0. The summed E-state index contributed by atoms with van der Waals surface area (Å²) in [6, 6.07) is 13.5. The van der Waals surface area contributed by atoms with Gasteiger partial charge in [0.25, 0.3) is 5.91 Å². The van der Waals surface area contributed by atoms with E-state index in [1.807, 2.05) is 0 Å². The zero-order valence-electron chi connectivity index (χ0n) is 15.4. The summed E-state index contributed by atoms with van der Waals surface area (Å²) in [6.07, 6.45) is 0. The number of hydrogen-bond donors (Lipinski definition) is 0. The van der Waals surface area contributed by atoms with Crippen molar-refractivity contribution in [3.05, 3.63) is 100 Å². The number of aromatic nitrogens is 1. The van der Waals surface area contributed by atoms with Crippen molar-refractivity contribution in [2.45, 2.75) is 13.1 Å². The Labute approximate surface area is 174 Å². The standard InChI is InChI=1S/C22H14ClF3N2O2/c23-15-4-8-20-19(10-15)27-21(30-20)12-28(11-13-1-5-16(24)6-2-13)22(29)14-3-7-17(25)18(26)9-14/h1-10H,11-12H2. The van der Waals surface area contributed by atoms with Crippen LogP contribution in [0.25, 0.3) is 11.1 Å². The highest BCUT2D eigenvalue weighted by Gasteiger charge is 2.21. The smallest absolute Gasteiger partial charge is 0.254 e. The van der Waals surface area contributed by atoms with Crippen molar-refractivity contribution in [3.63, 3.8) is 0 Å². The van der Waals surface area contributed by atoms with Crippen LogP contribution in [-0.4, -0.2) is 15.8 Å². The van der Waals surface area contributed by atoms with Crippen molar-refractivity contribution < 1.29 is 22.4 Å². The molecule has 0 radical (unpaired) electrons. The molecule has 1 aromatic heterocycles. The van der Waals surface area contributed by atoms with E-state index in [0.717, 1.165) is 12.1 Å². The molecule has 0 fully saturated rings. The first-order valence-electron chi connectivity index (χ1n) is 8.93. The second-order valence-corrected chi connectivity index (χ2v) is 7.07. The van der Waals surface area contributed by atoms with Crippen molar-refractivity contribution in [1.29, 1.82) is 0 Å². The molecule has 4 aromatic rings. The van der Waals surface area contributed by atoms with Crippen LogP contribution in [0.5, 0.6) is 0 Å². The van der Waals surface area contributed by atoms with E-state index in [2.05, 4.69) is 4.98 Å². The molecule has 1 amide bonds. The van der Waals surface area contributed by atoms with Gasteiger partial charge in [-0.25, -0.2) is 18.2 Å². The molecule has 8 heteroatoms. The maximum absolute atomic E-state index is 13.6. The zero-order chi connectivity index (χ0) is 21.3. The Kier molecular flexibility index (Phi) is 5.46. The minimum absolute atomic E-state index is 0.0323. The van der Waals surface area contributed by atoms with Gasteiger partial charge in [-0.15, -0.1) is 0 Å². The van der Waals surface area contributed by atoms with Crippen LogP contribution in [-0.2, 0) is 13.1 Å². The van der Waals surface area contributed by atoms with Crippen LogP contribution in [0.1, 0.15) is 21.8 Å². The normalized spacial score (nSPS) is 11.1. The van der Waals surface area contributed by atoms with E-state index in [1.165, 1.54) is 35.2 Å². The van der Waals surface area contributed by atoms with Crippen molar-refractivity contribution >= 4 is 28.6 Å². The Bertz CT molecular complexity index is 1230. The van der Waals surface area contributed by atoms with Gasteiger partial charge < -0.3 is 9.32 Å². The Morgan fingerprint density at radius 1 is 0.933 bits per heavy atom. The lowest BCUT2D eigenvalue weighted by atomic mass is 10.1. The second kappa shape index (κ2) is 8.20. The van der Waals surface area contributed by atoms with Gasteiger partial charge in [0.05, 0.1) is 6.54 Å². The number of carbonyl (C=O) groups is 1. The third kappa shape index (κ3) is 4.31. The molecule has 0 aliphatic rings. The first-order chi connectivity index (χ1) is 14.4. The summed E-state index contributed by atoms with van der Waals surface area (Å²) in [7, 11) is 0. The number of rotatable bonds is 5. The van der Waals surface area contributed by atoms with Gasteiger partial charge in [0.1, 0.15) is 11.3 Å². The molecule has 3 aromatic carbocycles.